The first-order valence-corrected chi connectivity index (χ1v) is 6.16. The van der Waals surface area contributed by atoms with E-state index in [1.807, 2.05) is 6.92 Å². The number of rotatable bonds is 2. The molecule has 0 radical (unpaired) electrons. The van der Waals surface area contributed by atoms with E-state index in [1.165, 1.54) is 0 Å². The number of allylic oxidation sites excluding steroid dienone is 1. The summed E-state index contributed by atoms with van der Waals surface area (Å²) >= 11 is 0. The molecule has 0 aliphatic heterocycles. The molecule has 0 aromatic carbocycles. The van der Waals surface area contributed by atoms with Crippen molar-refractivity contribution in [2.75, 3.05) is 0 Å². The molecule has 0 spiro atoms. The number of fused-ring (bicyclic) bond motifs is 1. The molecular formula is C9H13NaO4S. The smallest absolute Gasteiger partial charge is 0.746 e. The molecular weight excluding hydrogens is 227 g/mol. The first-order valence-electron chi connectivity index (χ1n) is 4.76. The van der Waals surface area contributed by atoms with E-state index >= 15 is 0 Å². The Morgan fingerprint density at radius 1 is 1.67 bits per heavy atom. The summed E-state index contributed by atoms with van der Waals surface area (Å²) in [6.07, 6.45) is 3.56. The summed E-state index contributed by atoms with van der Waals surface area (Å²) in [4.78, 5) is -2.02. The predicted molar refractivity (Wildman–Crippen MR) is 49.2 cm³/mol. The van der Waals surface area contributed by atoms with Crippen LogP contribution in [0, 0.1) is 11.8 Å². The molecule has 0 bridgehead atoms. The average Bonchev–Trinajstić information content (AvgIpc) is 2.40. The molecule has 0 heterocycles. The quantitative estimate of drug-likeness (QED) is 0.331. The molecule has 0 aromatic rings. The van der Waals surface area contributed by atoms with Crippen LogP contribution in [0.2, 0.25) is 0 Å². The van der Waals surface area contributed by atoms with Crippen molar-refractivity contribution in [3.63, 3.8) is 0 Å². The van der Waals surface area contributed by atoms with Gasteiger partial charge >= 0.3 is 29.6 Å². The van der Waals surface area contributed by atoms with Crippen LogP contribution in [0.5, 0.6) is 0 Å². The molecule has 0 amide bonds. The molecule has 3 atom stereocenters. The summed E-state index contributed by atoms with van der Waals surface area (Å²) in [6, 6.07) is 0. The van der Waals surface area contributed by atoms with Gasteiger partial charge in [0.05, 0.1) is 0 Å². The van der Waals surface area contributed by atoms with Gasteiger partial charge in [0.25, 0.3) is 0 Å². The molecule has 4 nitrogen and oxygen atoms in total. The molecule has 2 rings (SSSR count). The molecule has 0 saturated heterocycles. The summed E-state index contributed by atoms with van der Waals surface area (Å²) < 4.78 is 32.5. The van der Waals surface area contributed by atoms with Crippen molar-refractivity contribution in [2.45, 2.75) is 31.1 Å². The third-order valence-corrected chi connectivity index (χ3v) is 4.71. The van der Waals surface area contributed by atoms with Gasteiger partial charge in [0, 0.05) is 5.92 Å². The van der Waals surface area contributed by atoms with Gasteiger partial charge in [-0.2, -0.15) is 0 Å². The molecule has 3 unspecified atom stereocenters. The van der Waals surface area contributed by atoms with Gasteiger partial charge in [-0.1, -0.05) is 18.6 Å². The maximum atomic E-state index is 10.8. The largest absolute Gasteiger partial charge is 1.00 e. The average molecular weight is 240 g/mol. The zero-order valence-corrected chi connectivity index (χ0v) is 11.8. The Labute approximate surface area is 112 Å². The van der Waals surface area contributed by atoms with Gasteiger partial charge in [-0.3, -0.25) is 0 Å². The minimum absolute atomic E-state index is 0. The van der Waals surface area contributed by atoms with Crippen molar-refractivity contribution in [3.05, 3.63) is 11.6 Å². The summed E-state index contributed by atoms with van der Waals surface area (Å²) in [5.74, 6) is -0.293. The Balaban J connectivity index is 0.00000112. The first kappa shape index (κ1) is 13.7. The topological polar surface area (TPSA) is 77.4 Å². The second-order valence-electron chi connectivity index (χ2n) is 4.17. The van der Waals surface area contributed by atoms with Crippen LogP contribution >= 0.6 is 0 Å². The van der Waals surface area contributed by atoms with Crippen molar-refractivity contribution in [2.24, 2.45) is 11.8 Å². The van der Waals surface area contributed by atoms with Crippen LogP contribution in [0.15, 0.2) is 11.6 Å². The Bertz CT molecular complexity index is 389. The normalized spacial score (nSPS) is 38.7. The first-order chi connectivity index (χ1) is 6.38. The van der Waals surface area contributed by atoms with E-state index in [9.17, 15) is 18.1 Å². The monoisotopic (exact) mass is 240 g/mol. The molecule has 15 heavy (non-hydrogen) atoms. The van der Waals surface area contributed by atoms with Crippen molar-refractivity contribution in [3.8, 4) is 0 Å². The molecule has 1 N–H and O–H groups in total. The minimum atomic E-state index is -4.59. The van der Waals surface area contributed by atoms with Gasteiger partial charge in [-0.25, -0.2) is 8.42 Å². The van der Waals surface area contributed by atoms with Gasteiger partial charge in [0.15, 0.2) is 4.93 Å². The fourth-order valence-corrected chi connectivity index (χ4v) is 3.51. The number of hydrogen-bond acceptors (Lipinski definition) is 4. The standard InChI is InChI=1S/C9H14O4S.Na/c1-2-6-3-7-5-9(10,8(7)4-6)14(11,12)13;/h4,7-8,10H,2-3,5H2,1H3,(H,11,12,13);/q;+1/p-1. The van der Waals surface area contributed by atoms with E-state index < -0.39 is 21.0 Å². The molecule has 2 aliphatic carbocycles. The predicted octanol–water partition coefficient (Wildman–Crippen LogP) is -2.40. The van der Waals surface area contributed by atoms with Crippen molar-refractivity contribution in [1.29, 1.82) is 0 Å². The molecule has 1 fully saturated rings. The van der Waals surface area contributed by atoms with Crippen molar-refractivity contribution in [1.82, 2.24) is 0 Å². The third-order valence-electron chi connectivity index (χ3n) is 3.41. The Morgan fingerprint density at radius 2 is 2.27 bits per heavy atom. The summed E-state index contributed by atoms with van der Waals surface area (Å²) in [5.41, 5.74) is 1.15. The van der Waals surface area contributed by atoms with Crippen LogP contribution in [-0.2, 0) is 10.1 Å². The molecule has 6 heteroatoms. The van der Waals surface area contributed by atoms with E-state index in [4.69, 9.17) is 0 Å². The Kier molecular flexibility index (Phi) is 3.76. The SMILES string of the molecule is CCC1=CC2C(C1)CC2(O)S(=O)(=O)[O-].[Na+]. The second-order valence-corrected chi connectivity index (χ2v) is 5.79. The zero-order chi connectivity index (χ0) is 10.6. The van der Waals surface area contributed by atoms with Gasteiger partial charge in [0.2, 0.25) is 0 Å². The zero-order valence-electron chi connectivity index (χ0n) is 8.93. The van der Waals surface area contributed by atoms with E-state index in [-0.39, 0.29) is 41.9 Å². The molecule has 80 valence electrons. The van der Waals surface area contributed by atoms with Crippen LogP contribution in [0.4, 0.5) is 0 Å². The second kappa shape index (κ2) is 4.13. The maximum absolute atomic E-state index is 10.8. The van der Waals surface area contributed by atoms with Gasteiger partial charge in [0.1, 0.15) is 10.1 Å². The van der Waals surface area contributed by atoms with E-state index in [2.05, 4.69) is 0 Å². The van der Waals surface area contributed by atoms with E-state index in [0.717, 1.165) is 18.4 Å². The third kappa shape index (κ3) is 1.94. The Hall–Kier alpha value is 0.610. The Morgan fingerprint density at radius 3 is 2.73 bits per heavy atom. The molecule has 2 aliphatic rings. The fraction of sp³-hybridized carbons (Fsp3) is 0.778. The maximum Gasteiger partial charge on any atom is 1.00 e. The van der Waals surface area contributed by atoms with Crippen LogP contribution in [0.25, 0.3) is 0 Å². The van der Waals surface area contributed by atoms with Crippen LogP contribution in [0.1, 0.15) is 26.2 Å². The van der Waals surface area contributed by atoms with Crippen LogP contribution in [0.3, 0.4) is 0 Å². The van der Waals surface area contributed by atoms with E-state index in [1.54, 1.807) is 6.08 Å². The van der Waals surface area contributed by atoms with Gasteiger partial charge < -0.3 is 9.66 Å². The fourth-order valence-electron chi connectivity index (χ4n) is 2.50. The molecule has 0 aromatic heterocycles. The van der Waals surface area contributed by atoms with Crippen LogP contribution in [-0.4, -0.2) is 23.0 Å². The number of aliphatic hydroxyl groups is 1. The van der Waals surface area contributed by atoms with Crippen molar-refractivity contribution < 1.29 is 47.6 Å². The number of hydrogen-bond donors (Lipinski definition) is 1. The minimum Gasteiger partial charge on any atom is -0.746 e. The van der Waals surface area contributed by atoms with Gasteiger partial charge in [-0.15, -0.1) is 0 Å². The summed E-state index contributed by atoms with van der Waals surface area (Å²) in [7, 11) is -4.59. The summed E-state index contributed by atoms with van der Waals surface area (Å²) in [6.45, 7) is 1.99. The van der Waals surface area contributed by atoms with Gasteiger partial charge in [-0.05, 0) is 25.2 Å². The van der Waals surface area contributed by atoms with Crippen molar-refractivity contribution >= 4 is 10.1 Å². The van der Waals surface area contributed by atoms with E-state index in [0.29, 0.717) is 0 Å². The summed E-state index contributed by atoms with van der Waals surface area (Å²) in [5, 5.41) is 9.68. The van der Waals surface area contributed by atoms with Crippen LogP contribution < -0.4 is 29.6 Å². The molecule has 1 saturated carbocycles.